The summed E-state index contributed by atoms with van der Waals surface area (Å²) in [6, 6.07) is 120. The van der Waals surface area contributed by atoms with E-state index in [0.29, 0.717) is 92.5 Å². The van der Waals surface area contributed by atoms with Gasteiger partial charge in [-0.1, -0.05) is 97.1 Å². The molecule has 0 saturated carbocycles. The monoisotopic (exact) mass is 3260 g/mol. The highest BCUT2D eigenvalue weighted by atomic mass is 127. The number of fused-ring (bicyclic) bond motifs is 11. The molecule has 0 saturated heterocycles. The van der Waals surface area contributed by atoms with Gasteiger partial charge in [0, 0.05) is 121 Å². The molecule has 0 amide bonds. The Labute approximate surface area is 983 Å². The molecular weight excluding hydrogens is 3180 g/mol. The molecule has 16 aromatic carbocycles. The van der Waals surface area contributed by atoms with Crippen LogP contribution in [0.4, 0.5) is 0 Å². The van der Waals surface area contributed by atoms with Gasteiger partial charge in [-0.25, -0.2) is 0 Å². The zero-order chi connectivity index (χ0) is 96.1. The van der Waals surface area contributed by atoms with Crippen LogP contribution in [0.25, 0.3) is 75.2 Å². The van der Waals surface area contributed by atoms with E-state index in [9.17, 15) is 0 Å². The van der Waals surface area contributed by atoms with Crippen LogP contribution in [-0.2, 0) is 25.1 Å². The maximum absolute atomic E-state index is 6.14. The van der Waals surface area contributed by atoms with Gasteiger partial charge >= 0.3 is 0 Å². The number of ether oxygens (including phenoxy) is 12. The molecule has 0 N–H and O–H groups in total. The summed E-state index contributed by atoms with van der Waals surface area (Å²) >= 11 is 27.8. The van der Waals surface area contributed by atoms with E-state index in [2.05, 4.69) is 574 Å². The van der Waals surface area contributed by atoms with Crippen molar-refractivity contribution < 1.29 is 56.8 Å². The molecule has 139 heavy (non-hydrogen) atoms. The van der Waals surface area contributed by atoms with Gasteiger partial charge in [0.2, 0.25) is 9.79 Å². The maximum atomic E-state index is 6.14. The third-order valence-corrected chi connectivity index (χ3v) is 39.9. The van der Waals surface area contributed by atoms with Crippen LogP contribution >= 0.6 is 303 Å². The molecule has 0 fully saturated rings. The van der Waals surface area contributed by atoms with Crippen molar-refractivity contribution in [3.63, 3.8) is 0 Å². The van der Waals surface area contributed by atoms with Crippen molar-refractivity contribution in [2.24, 2.45) is 0 Å². The molecule has 0 aliphatic carbocycles. The van der Waals surface area contributed by atoms with Crippen LogP contribution in [0.5, 0.6) is 57.5 Å². The van der Waals surface area contributed by atoms with Gasteiger partial charge in [-0.05, 0) is 477 Å². The highest BCUT2D eigenvalue weighted by Gasteiger charge is 2.39. The predicted molar refractivity (Wildman–Crippen MR) is 677 cm³/mol. The molecule has 28 heteroatoms. The number of benzene rings is 16. The number of para-hydroxylation sites is 2. The van der Waals surface area contributed by atoms with E-state index in [0.717, 1.165) is 92.5 Å². The Kier molecular flexibility index (Phi) is 40.2. The summed E-state index contributed by atoms with van der Waals surface area (Å²) in [7, 11) is -0.434. The molecule has 1 aliphatic heterocycles. The van der Waals surface area contributed by atoms with E-state index in [1.807, 2.05) is 36.4 Å². The van der Waals surface area contributed by atoms with Crippen LogP contribution in [0.3, 0.4) is 0 Å². The molecule has 0 bridgehead atoms. The predicted octanol–water partition coefficient (Wildman–Crippen LogP) is 35.6. The smallest absolute Gasteiger partial charge is 0.209 e. The lowest BCUT2D eigenvalue weighted by atomic mass is 10.2. The molecule has 20 rings (SSSR count). The zero-order valence-electron chi connectivity index (χ0n) is 74.0. The van der Waals surface area contributed by atoms with Crippen molar-refractivity contribution in [3.8, 4) is 72.2 Å². The SMILES string of the molecule is Ic1cc(I)c(OCCCOc2ccc(-[s+]3c4ccccc4c4ccccc43)cc2)c(I)c1.Ic1cc(I)c(OCCOCCOCCOc2ccc(-[s+]3c4ccccc4c4ccccc43)cc2)c(I)c1.Ic1cc(I)c(OCCOCCOc2ccc(-[s+]3c4ccccc4c4ccccc43)cc2)c(I)c1.Ic1cc(I)c(OCCOc2ccc([S+]3c4ccccc4Oc4ccccc43)cc2)c(I)c1. The molecule has 0 unspecified atom stereocenters. The summed E-state index contributed by atoms with van der Waals surface area (Å²) in [5.74, 6) is 9.07. The fourth-order valence-corrected chi connectivity index (χ4v) is 40.5. The lowest BCUT2D eigenvalue weighted by Crippen LogP contribution is -2.14. The van der Waals surface area contributed by atoms with Gasteiger partial charge in [-0.3, -0.25) is 0 Å². The quantitative estimate of drug-likeness (QED) is 0.0218. The molecule has 3 aromatic heterocycles. The first-order valence-electron chi connectivity index (χ1n) is 44.1. The van der Waals surface area contributed by atoms with Crippen molar-refractivity contribution in [3.05, 3.63) is 383 Å². The molecule has 19 aromatic rings. The molecule has 706 valence electrons. The average molecular weight is 3260 g/mol. The maximum Gasteiger partial charge on any atom is 0.209 e. The summed E-state index contributed by atoms with van der Waals surface area (Å²) in [5, 5.41) is 8.09. The number of thiophene rings is 3. The third kappa shape index (κ3) is 27.5. The Morgan fingerprint density at radius 1 is 0.194 bits per heavy atom. The molecule has 12 nitrogen and oxygen atoms in total. The third-order valence-electron chi connectivity index (χ3n) is 21.7. The second-order valence-electron chi connectivity index (χ2n) is 30.9. The summed E-state index contributed by atoms with van der Waals surface area (Å²) in [6.07, 6.45) is 0.838. The first-order valence-corrected chi connectivity index (χ1v) is 61.9. The second-order valence-corrected chi connectivity index (χ2v) is 53.0. The van der Waals surface area contributed by atoms with Gasteiger partial charge in [-0.15, -0.1) is 0 Å². The number of hydrogen-bond donors (Lipinski definition) is 0. The minimum absolute atomic E-state index is 0.0626. The molecule has 0 spiro atoms. The lowest BCUT2D eigenvalue weighted by Gasteiger charge is -2.19. The van der Waals surface area contributed by atoms with Gasteiger partial charge in [-0.2, -0.15) is 0 Å². The van der Waals surface area contributed by atoms with E-state index in [1.165, 1.54) is 104 Å². The van der Waals surface area contributed by atoms with Gasteiger partial charge in [0.1, 0.15) is 96.5 Å². The summed E-state index contributed by atoms with van der Waals surface area (Å²) < 4.78 is 93.0. The van der Waals surface area contributed by atoms with Crippen LogP contribution in [-0.4, -0.2) is 92.5 Å². The fraction of sp³-hybridized carbons (Fsp3) is 0.135. The average Bonchev–Trinajstić information content (AvgIpc) is 1.65. The van der Waals surface area contributed by atoms with E-state index >= 15 is 0 Å². The van der Waals surface area contributed by atoms with Crippen LogP contribution in [0.1, 0.15) is 6.42 Å². The number of halogens is 12. The Balaban J connectivity index is 0.000000128. The highest BCUT2D eigenvalue weighted by Crippen LogP contribution is 2.53. The van der Waals surface area contributed by atoms with Crippen LogP contribution < -0.4 is 42.6 Å². The first kappa shape index (κ1) is 106. The van der Waals surface area contributed by atoms with E-state index in [4.69, 9.17) is 56.8 Å². The van der Waals surface area contributed by atoms with Crippen molar-refractivity contribution in [1.82, 2.24) is 0 Å². The topological polar surface area (TPSA) is 111 Å². The van der Waals surface area contributed by atoms with Crippen LogP contribution in [0, 0.1) is 42.8 Å². The Morgan fingerprint density at radius 2 is 0.396 bits per heavy atom. The zero-order valence-corrected chi connectivity index (χ0v) is 103. The standard InChI is InChI=1S/C30H26I3O4S.C28H22I3O3S.C27H20I3O2S.C26H18I3O3S/c31-21-19-26(32)30(27(33)20-21)37-18-16-35-14-13-34-15-17-36-22-9-11-23(12-10-22)38-28-7-3-1-5-24(28)25-6-2-4-8-29(25)38;29-19-17-24(30)28(25(31)18-19)34-16-14-32-13-15-33-20-9-11-21(12-10-20)35-26-7-3-1-5-22(26)23-6-2-4-8-27(23)35;28-18-16-23(29)27(24(30)17-18)32-15-5-14-31-19-10-12-20(13-11-19)33-25-8-3-1-6-21(25)22-7-2-4-9-26(22)33;27-17-15-20(28)26(21(29)16-17)31-14-13-30-18-9-11-19(12-10-18)33-24-7-3-1-5-22(24)32-23-6-2-4-8-25(23)33/h1-12,19-20H,13-18H2;1-12,17-18H,13-16H2;1-4,6-13,16-17H,5,14-15H2;1-12,15-16H,13-14H2/q4*+1. The summed E-state index contributed by atoms with van der Waals surface area (Å²) in [4.78, 5) is 7.59. The van der Waals surface area contributed by atoms with Crippen molar-refractivity contribution >= 4 is 374 Å². The van der Waals surface area contributed by atoms with Crippen LogP contribution in [0.2, 0.25) is 0 Å². The Morgan fingerprint density at radius 3 is 0.676 bits per heavy atom. The Hall–Kier alpha value is -4.63. The number of hydrogen-bond acceptors (Lipinski definition) is 12. The molecule has 1 aliphatic rings. The van der Waals surface area contributed by atoms with E-state index in [-0.39, 0.29) is 42.3 Å². The first-order chi connectivity index (χ1) is 67.9. The minimum atomic E-state index is -0.213. The molecule has 0 radical (unpaired) electrons. The molecular formula is C111H86I12O12S4+4. The van der Waals surface area contributed by atoms with E-state index in [1.54, 1.807) is 0 Å². The minimum Gasteiger partial charge on any atom is -0.493 e. The van der Waals surface area contributed by atoms with Gasteiger partial charge in [0.05, 0.1) is 81.4 Å². The van der Waals surface area contributed by atoms with E-state index < -0.39 is 0 Å². The largest absolute Gasteiger partial charge is 0.493 e. The van der Waals surface area contributed by atoms with Gasteiger partial charge in [0.15, 0.2) is 59.3 Å². The van der Waals surface area contributed by atoms with Crippen molar-refractivity contribution in [1.29, 1.82) is 0 Å². The summed E-state index contributed by atoms with van der Waals surface area (Å²) in [5.41, 5.74) is 0. The van der Waals surface area contributed by atoms with Crippen LogP contribution in [0.15, 0.2) is 354 Å². The highest BCUT2D eigenvalue weighted by molar-refractivity contribution is 14.1. The Bertz CT molecular complexity index is 7160. The van der Waals surface area contributed by atoms with Gasteiger partial charge < -0.3 is 56.8 Å². The van der Waals surface area contributed by atoms with Crippen molar-refractivity contribution in [2.75, 3.05) is 92.5 Å². The summed E-state index contributed by atoms with van der Waals surface area (Å²) in [6.45, 7) is 7.48. The second kappa shape index (κ2) is 52.8. The molecule has 4 heterocycles. The molecule has 0 atom stereocenters. The van der Waals surface area contributed by atoms with Crippen molar-refractivity contribution in [2.45, 2.75) is 21.1 Å². The number of rotatable bonds is 34. The lowest BCUT2D eigenvalue weighted by molar-refractivity contribution is 0.0272. The fourth-order valence-electron chi connectivity index (χ4n) is 15.6. The normalized spacial score (nSPS) is 11.6. The van der Waals surface area contributed by atoms with Gasteiger partial charge in [0.25, 0.3) is 0 Å².